The Balaban J connectivity index is 2.82. The lowest BCUT2D eigenvalue weighted by Crippen LogP contribution is -2.49. The summed E-state index contributed by atoms with van der Waals surface area (Å²) in [6.45, 7) is 10.0. The summed E-state index contributed by atoms with van der Waals surface area (Å²) >= 11 is 0. The molecule has 0 aliphatic carbocycles. The molecule has 0 bridgehead atoms. The lowest BCUT2D eigenvalue weighted by molar-refractivity contribution is -0.154. The van der Waals surface area contributed by atoms with E-state index in [2.05, 4.69) is 0 Å². The van der Waals surface area contributed by atoms with E-state index in [-0.39, 0.29) is 18.1 Å². The van der Waals surface area contributed by atoms with Gasteiger partial charge in [0.05, 0.1) is 24.7 Å². The van der Waals surface area contributed by atoms with Crippen LogP contribution in [0, 0.1) is 5.92 Å². The minimum atomic E-state index is -0.542. The molecule has 1 fully saturated rings. The summed E-state index contributed by atoms with van der Waals surface area (Å²) in [7, 11) is 1.56. The molecule has 1 rings (SSSR count). The van der Waals surface area contributed by atoms with Gasteiger partial charge in [-0.3, -0.25) is 4.79 Å². The van der Waals surface area contributed by atoms with E-state index >= 15 is 0 Å². The van der Waals surface area contributed by atoms with Crippen molar-refractivity contribution in [3.05, 3.63) is 0 Å². The van der Waals surface area contributed by atoms with Crippen LogP contribution in [0.2, 0.25) is 0 Å². The molecule has 1 heterocycles. The van der Waals surface area contributed by atoms with Gasteiger partial charge in [-0.05, 0) is 47.5 Å². The van der Waals surface area contributed by atoms with Gasteiger partial charge in [0.1, 0.15) is 5.60 Å². The summed E-state index contributed by atoms with van der Waals surface area (Å²) in [6, 6.07) is -0.167. The number of esters is 1. The van der Waals surface area contributed by atoms with Crippen molar-refractivity contribution in [2.45, 2.75) is 65.2 Å². The Morgan fingerprint density at radius 2 is 1.95 bits per heavy atom. The Labute approximate surface area is 133 Å². The van der Waals surface area contributed by atoms with Gasteiger partial charge in [-0.1, -0.05) is 0 Å². The van der Waals surface area contributed by atoms with Gasteiger partial charge < -0.3 is 19.1 Å². The van der Waals surface area contributed by atoms with Gasteiger partial charge in [0.15, 0.2) is 0 Å². The average Bonchev–Trinajstić information content (AvgIpc) is 2.87. The molecule has 0 radical (unpaired) electrons. The molecule has 0 N–H and O–H groups in total. The van der Waals surface area contributed by atoms with Crippen molar-refractivity contribution < 1.29 is 23.8 Å². The number of carbonyl (C=O) groups excluding carboxylic acids is 2. The Bertz CT molecular complexity index is 390. The zero-order chi connectivity index (χ0) is 16.9. The number of ether oxygens (including phenoxy) is 3. The number of amides is 1. The first-order valence-electron chi connectivity index (χ1n) is 7.90. The molecule has 0 unspecified atom stereocenters. The topological polar surface area (TPSA) is 65.1 Å². The van der Waals surface area contributed by atoms with E-state index in [4.69, 9.17) is 14.2 Å². The van der Waals surface area contributed by atoms with Crippen LogP contribution in [0.5, 0.6) is 0 Å². The normalized spacial score (nSPS) is 21.4. The first-order valence-corrected chi connectivity index (χ1v) is 7.90. The molecule has 0 aromatic rings. The summed E-state index contributed by atoms with van der Waals surface area (Å²) in [6.07, 6.45) is 0.919. The number of likely N-dealkylation sites (tertiary alicyclic amines) is 1. The fourth-order valence-electron chi connectivity index (χ4n) is 2.78. The number of hydrogen-bond acceptors (Lipinski definition) is 5. The zero-order valence-corrected chi connectivity index (χ0v) is 14.5. The Hall–Kier alpha value is -1.30. The van der Waals surface area contributed by atoms with Crippen LogP contribution in [-0.4, -0.2) is 55.0 Å². The number of nitrogens with zero attached hydrogens (tertiary/aromatic N) is 1. The maximum Gasteiger partial charge on any atom is 0.410 e. The predicted octanol–water partition coefficient (Wildman–Crippen LogP) is 2.60. The number of rotatable bonds is 5. The molecule has 1 aliphatic heterocycles. The average molecular weight is 315 g/mol. The largest absolute Gasteiger partial charge is 0.466 e. The SMILES string of the molecule is CCOC(=O)[C@@H](C)[C@@H](OC)[C@@H]1CCCN1C(=O)OC(C)(C)C. The van der Waals surface area contributed by atoms with Gasteiger partial charge in [0.2, 0.25) is 0 Å². The fourth-order valence-corrected chi connectivity index (χ4v) is 2.78. The monoisotopic (exact) mass is 315 g/mol. The molecule has 0 aromatic heterocycles. The van der Waals surface area contributed by atoms with Gasteiger partial charge in [-0.25, -0.2) is 4.79 Å². The van der Waals surface area contributed by atoms with Crippen LogP contribution in [0.1, 0.15) is 47.5 Å². The third-order valence-corrected chi connectivity index (χ3v) is 3.73. The van der Waals surface area contributed by atoms with Crippen LogP contribution in [0.3, 0.4) is 0 Å². The molecule has 0 spiro atoms. The highest BCUT2D eigenvalue weighted by molar-refractivity contribution is 5.73. The van der Waals surface area contributed by atoms with Gasteiger partial charge in [0.25, 0.3) is 0 Å². The van der Waals surface area contributed by atoms with E-state index in [1.54, 1.807) is 25.9 Å². The second-order valence-electron chi connectivity index (χ2n) is 6.62. The Morgan fingerprint density at radius 1 is 1.32 bits per heavy atom. The highest BCUT2D eigenvalue weighted by Gasteiger charge is 2.41. The van der Waals surface area contributed by atoms with Crippen molar-refractivity contribution in [1.29, 1.82) is 0 Å². The standard InChI is InChI=1S/C16H29NO5/c1-7-21-14(18)11(2)13(20-6)12-9-8-10-17(12)15(19)22-16(3,4)5/h11-13H,7-10H2,1-6H3/t11-,12-,13+/m0/s1. The second-order valence-corrected chi connectivity index (χ2v) is 6.62. The summed E-state index contributed by atoms with van der Waals surface area (Å²) in [5.74, 6) is -0.733. The third kappa shape index (κ3) is 4.87. The molecule has 6 nitrogen and oxygen atoms in total. The summed E-state index contributed by atoms with van der Waals surface area (Å²) in [5, 5.41) is 0. The van der Waals surface area contributed by atoms with E-state index in [0.717, 1.165) is 12.8 Å². The molecule has 128 valence electrons. The van der Waals surface area contributed by atoms with Gasteiger partial charge in [-0.2, -0.15) is 0 Å². The first kappa shape index (κ1) is 18.7. The molecular formula is C16H29NO5. The van der Waals surface area contributed by atoms with E-state index in [9.17, 15) is 9.59 Å². The van der Waals surface area contributed by atoms with Crippen molar-refractivity contribution in [2.75, 3.05) is 20.3 Å². The lowest BCUT2D eigenvalue weighted by atomic mass is 9.96. The van der Waals surface area contributed by atoms with Crippen molar-refractivity contribution in [1.82, 2.24) is 4.90 Å². The zero-order valence-electron chi connectivity index (χ0n) is 14.5. The third-order valence-electron chi connectivity index (χ3n) is 3.73. The quantitative estimate of drug-likeness (QED) is 0.730. The highest BCUT2D eigenvalue weighted by Crippen LogP contribution is 2.28. The maximum atomic E-state index is 12.3. The minimum absolute atomic E-state index is 0.167. The van der Waals surface area contributed by atoms with E-state index in [1.807, 2.05) is 20.8 Å². The van der Waals surface area contributed by atoms with Crippen molar-refractivity contribution in [2.24, 2.45) is 5.92 Å². The molecule has 0 saturated carbocycles. The number of methoxy groups -OCH3 is 1. The van der Waals surface area contributed by atoms with Crippen molar-refractivity contribution >= 4 is 12.1 Å². The van der Waals surface area contributed by atoms with Crippen LogP contribution in [0.4, 0.5) is 4.79 Å². The minimum Gasteiger partial charge on any atom is -0.466 e. The van der Waals surface area contributed by atoms with Crippen LogP contribution >= 0.6 is 0 Å². The van der Waals surface area contributed by atoms with E-state index in [0.29, 0.717) is 13.2 Å². The number of carbonyl (C=O) groups is 2. The van der Waals surface area contributed by atoms with Crippen LogP contribution in [0.15, 0.2) is 0 Å². The first-order chi connectivity index (χ1) is 10.2. The molecule has 0 aromatic carbocycles. The second kappa shape index (κ2) is 7.81. The Kier molecular flexibility index (Phi) is 6.66. The van der Waals surface area contributed by atoms with E-state index < -0.39 is 17.6 Å². The lowest BCUT2D eigenvalue weighted by Gasteiger charge is -2.34. The van der Waals surface area contributed by atoms with Gasteiger partial charge in [0, 0.05) is 13.7 Å². The van der Waals surface area contributed by atoms with Crippen molar-refractivity contribution in [3.63, 3.8) is 0 Å². The molecule has 22 heavy (non-hydrogen) atoms. The summed E-state index contributed by atoms with van der Waals surface area (Å²) < 4.78 is 16.0. The highest BCUT2D eigenvalue weighted by atomic mass is 16.6. The van der Waals surface area contributed by atoms with Crippen LogP contribution < -0.4 is 0 Å². The Morgan fingerprint density at radius 3 is 2.45 bits per heavy atom. The van der Waals surface area contributed by atoms with Gasteiger partial charge >= 0.3 is 12.1 Å². The van der Waals surface area contributed by atoms with Crippen LogP contribution in [-0.2, 0) is 19.0 Å². The fraction of sp³-hybridized carbons (Fsp3) is 0.875. The predicted molar refractivity (Wildman–Crippen MR) is 82.6 cm³/mol. The van der Waals surface area contributed by atoms with Crippen molar-refractivity contribution in [3.8, 4) is 0 Å². The summed E-state index contributed by atoms with van der Waals surface area (Å²) in [5.41, 5.74) is -0.542. The molecule has 3 atom stereocenters. The van der Waals surface area contributed by atoms with E-state index in [1.165, 1.54) is 0 Å². The summed E-state index contributed by atoms with van der Waals surface area (Å²) in [4.78, 5) is 26.0. The molecular weight excluding hydrogens is 286 g/mol. The molecule has 1 amide bonds. The van der Waals surface area contributed by atoms with Crippen LogP contribution in [0.25, 0.3) is 0 Å². The maximum absolute atomic E-state index is 12.3. The molecule has 1 aliphatic rings. The molecule has 1 saturated heterocycles. The smallest absolute Gasteiger partial charge is 0.410 e. The van der Waals surface area contributed by atoms with Gasteiger partial charge in [-0.15, -0.1) is 0 Å². The molecule has 6 heteroatoms. The number of hydrogen-bond donors (Lipinski definition) is 0.